The number of carbonyl (C=O) groups is 1. The maximum absolute atomic E-state index is 12.4. The first-order valence-corrected chi connectivity index (χ1v) is 8.23. The fourth-order valence-corrected chi connectivity index (χ4v) is 3.29. The van der Waals surface area contributed by atoms with Crippen LogP contribution in [-0.2, 0) is 11.2 Å². The summed E-state index contributed by atoms with van der Waals surface area (Å²) in [4.78, 5) is 32.4. The molecule has 0 radical (unpaired) electrons. The Labute approximate surface area is 145 Å². The summed E-state index contributed by atoms with van der Waals surface area (Å²) in [6, 6.07) is 5.60. The van der Waals surface area contributed by atoms with Crippen molar-refractivity contribution in [3.63, 3.8) is 0 Å². The van der Waals surface area contributed by atoms with Crippen molar-refractivity contribution in [3.8, 4) is 0 Å². The van der Waals surface area contributed by atoms with Crippen molar-refractivity contribution in [1.29, 1.82) is 0 Å². The molecular formula is C16H12ClN3O3S. The highest BCUT2D eigenvalue weighted by Crippen LogP contribution is 2.19. The fraction of sp³-hybridized carbons (Fsp3) is 0.125. The lowest BCUT2D eigenvalue weighted by molar-refractivity contribution is -0.136. The van der Waals surface area contributed by atoms with Gasteiger partial charge in [-0.2, -0.15) is 0 Å². The molecule has 3 heterocycles. The normalized spacial score (nSPS) is 11.4. The molecule has 0 saturated heterocycles. The number of fused-ring (bicyclic) bond motifs is 1. The molecule has 0 amide bonds. The summed E-state index contributed by atoms with van der Waals surface area (Å²) in [7, 11) is 0. The molecule has 0 atom stereocenters. The van der Waals surface area contributed by atoms with E-state index in [9.17, 15) is 9.59 Å². The maximum Gasteiger partial charge on any atom is 0.309 e. The lowest BCUT2D eigenvalue weighted by Gasteiger charge is -2.02. The lowest BCUT2D eigenvalue weighted by atomic mass is 10.2. The lowest BCUT2D eigenvalue weighted by Crippen LogP contribution is -2.19. The van der Waals surface area contributed by atoms with Crippen LogP contribution >= 0.6 is 22.9 Å². The molecule has 8 heteroatoms. The predicted molar refractivity (Wildman–Crippen MR) is 93.6 cm³/mol. The van der Waals surface area contributed by atoms with Gasteiger partial charge in [-0.3, -0.25) is 19.0 Å². The molecule has 0 spiro atoms. The molecule has 24 heavy (non-hydrogen) atoms. The Morgan fingerprint density at radius 2 is 2.17 bits per heavy atom. The average Bonchev–Trinajstić information content (AvgIpc) is 2.91. The van der Waals surface area contributed by atoms with Crippen molar-refractivity contribution >= 4 is 46.0 Å². The van der Waals surface area contributed by atoms with Gasteiger partial charge in [0.15, 0.2) is 4.96 Å². The number of carboxylic acid groups (broad SMARTS) is 1. The third-order valence-corrected chi connectivity index (χ3v) is 4.49. The Balaban J connectivity index is 2.05. The van der Waals surface area contributed by atoms with E-state index in [1.54, 1.807) is 17.5 Å². The van der Waals surface area contributed by atoms with Gasteiger partial charge in [0.2, 0.25) is 0 Å². The predicted octanol–water partition coefficient (Wildman–Crippen LogP) is 2.91. The van der Waals surface area contributed by atoms with E-state index < -0.39 is 11.5 Å². The minimum atomic E-state index is -1.02. The maximum atomic E-state index is 12.4. The van der Waals surface area contributed by atoms with Crippen LogP contribution in [0.4, 0.5) is 0 Å². The van der Waals surface area contributed by atoms with E-state index in [1.807, 2.05) is 25.1 Å². The van der Waals surface area contributed by atoms with Gasteiger partial charge in [0.05, 0.1) is 17.8 Å². The molecule has 0 aliphatic rings. The molecule has 1 N–H and O–H groups in total. The second-order valence-corrected chi connectivity index (χ2v) is 6.28. The van der Waals surface area contributed by atoms with E-state index in [2.05, 4.69) is 9.97 Å². The number of halogens is 1. The fourth-order valence-electron chi connectivity index (χ4n) is 2.21. The number of aryl methyl sites for hydroxylation is 1. The third kappa shape index (κ3) is 3.22. The van der Waals surface area contributed by atoms with Crippen LogP contribution in [0.1, 0.15) is 22.8 Å². The van der Waals surface area contributed by atoms with E-state index in [1.165, 1.54) is 15.7 Å². The molecular weight excluding hydrogens is 350 g/mol. The number of pyridine rings is 1. The average molecular weight is 362 g/mol. The summed E-state index contributed by atoms with van der Waals surface area (Å²) in [5.41, 5.74) is 1.82. The number of hydrogen-bond acceptors (Lipinski definition) is 5. The summed E-state index contributed by atoms with van der Waals surface area (Å²) in [6.07, 6.45) is 3.09. The van der Waals surface area contributed by atoms with Crippen molar-refractivity contribution in [2.24, 2.45) is 0 Å². The molecule has 0 saturated carbocycles. The van der Waals surface area contributed by atoms with Gasteiger partial charge in [-0.25, -0.2) is 4.98 Å². The van der Waals surface area contributed by atoms with Crippen LogP contribution in [0, 0.1) is 6.92 Å². The zero-order chi connectivity index (χ0) is 17.3. The molecule has 0 fully saturated rings. The summed E-state index contributed by atoms with van der Waals surface area (Å²) in [6.45, 7) is 1.89. The van der Waals surface area contributed by atoms with E-state index in [0.717, 1.165) is 11.4 Å². The van der Waals surface area contributed by atoms with Crippen LogP contribution in [0.2, 0.25) is 5.02 Å². The monoisotopic (exact) mass is 361 g/mol. The number of carboxylic acids is 1. The highest BCUT2D eigenvalue weighted by molar-refractivity contribution is 7.15. The summed E-state index contributed by atoms with van der Waals surface area (Å²) in [5.74, 6) is -1.02. The Kier molecular flexibility index (Phi) is 4.46. The van der Waals surface area contributed by atoms with Crippen molar-refractivity contribution in [2.75, 3.05) is 0 Å². The second-order valence-electron chi connectivity index (χ2n) is 5.07. The SMILES string of the molecule is Cc1cccc(/C=C/c2nc3scc(CC(=O)O)n3c(=O)c2Cl)n1. The number of hydrogen-bond donors (Lipinski definition) is 1. The first-order valence-electron chi connectivity index (χ1n) is 6.98. The van der Waals surface area contributed by atoms with Gasteiger partial charge in [-0.1, -0.05) is 17.7 Å². The number of aliphatic carboxylic acids is 1. The molecule has 3 aromatic rings. The smallest absolute Gasteiger partial charge is 0.309 e. The van der Waals surface area contributed by atoms with Gasteiger partial charge in [0, 0.05) is 16.8 Å². The van der Waals surface area contributed by atoms with Gasteiger partial charge in [-0.15, -0.1) is 11.3 Å². The second kappa shape index (κ2) is 6.54. The molecule has 0 aromatic carbocycles. The minimum absolute atomic E-state index is 0.0542. The summed E-state index contributed by atoms with van der Waals surface area (Å²) in [5, 5.41) is 10.5. The Morgan fingerprint density at radius 1 is 1.38 bits per heavy atom. The van der Waals surface area contributed by atoms with Crippen LogP contribution in [0.3, 0.4) is 0 Å². The quantitative estimate of drug-likeness (QED) is 0.772. The highest BCUT2D eigenvalue weighted by atomic mass is 35.5. The van der Waals surface area contributed by atoms with Gasteiger partial charge in [0.25, 0.3) is 5.56 Å². The topological polar surface area (TPSA) is 84.6 Å². The number of aromatic nitrogens is 3. The van der Waals surface area contributed by atoms with E-state index >= 15 is 0 Å². The molecule has 0 bridgehead atoms. The van der Waals surface area contributed by atoms with Gasteiger partial charge >= 0.3 is 5.97 Å². The molecule has 3 rings (SSSR count). The minimum Gasteiger partial charge on any atom is -0.481 e. The van der Waals surface area contributed by atoms with Crippen LogP contribution < -0.4 is 5.56 Å². The Bertz CT molecular complexity index is 1020. The van der Waals surface area contributed by atoms with Crippen molar-refractivity contribution in [2.45, 2.75) is 13.3 Å². The van der Waals surface area contributed by atoms with Gasteiger partial charge in [0.1, 0.15) is 5.02 Å². The first kappa shape index (κ1) is 16.4. The Morgan fingerprint density at radius 3 is 2.88 bits per heavy atom. The molecule has 0 aliphatic carbocycles. The Hall–Kier alpha value is -2.51. The largest absolute Gasteiger partial charge is 0.481 e. The number of nitrogens with zero attached hydrogens (tertiary/aromatic N) is 3. The molecule has 6 nitrogen and oxygen atoms in total. The van der Waals surface area contributed by atoms with E-state index in [-0.39, 0.29) is 11.4 Å². The number of thiazole rings is 1. The van der Waals surface area contributed by atoms with Crippen LogP contribution in [0.25, 0.3) is 17.1 Å². The molecule has 122 valence electrons. The van der Waals surface area contributed by atoms with E-state index in [4.69, 9.17) is 16.7 Å². The molecule has 0 aliphatic heterocycles. The standard InChI is InChI=1S/C16H12ClN3O3S/c1-9-3-2-4-10(18-9)5-6-12-14(17)15(23)20-11(7-13(21)22)8-24-16(20)19-12/h2-6,8H,7H2,1H3,(H,21,22)/b6-5+. The first-order chi connectivity index (χ1) is 11.5. The third-order valence-electron chi connectivity index (χ3n) is 3.26. The molecule has 0 unspecified atom stereocenters. The zero-order valence-electron chi connectivity index (χ0n) is 12.6. The van der Waals surface area contributed by atoms with E-state index in [0.29, 0.717) is 16.3 Å². The number of rotatable bonds is 4. The summed E-state index contributed by atoms with van der Waals surface area (Å²) < 4.78 is 1.24. The van der Waals surface area contributed by atoms with Crippen molar-refractivity contribution < 1.29 is 9.90 Å². The van der Waals surface area contributed by atoms with Crippen LogP contribution in [0.15, 0.2) is 28.4 Å². The molecule has 3 aromatic heterocycles. The van der Waals surface area contributed by atoms with Crippen molar-refractivity contribution in [3.05, 3.63) is 61.7 Å². The van der Waals surface area contributed by atoms with Crippen LogP contribution in [0.5, 0.6) is 0 Å². The highest BCUT2D eigenvalue weighted by Gasteiger charge is 2.15. The summed E-state index contributed by atoms with van der Waals surface area (Å²) >= 11 is 7.32. The van der Waals surface area contributed by atoms with Crippen molar-refractivity contribution in [1.82, 2.24) is 14.4 Å². The van der Waals surface area contributed by atoms with Gasteiger partial charge < -0.3 is 5.11 Å². The van der Waals surface area contributed by atoms with Gasteiger partial charge in [-0.05, 0) is 31.2 Å². The zero-order valence-corrected chi connectivity index (χ0v) is 14.1. The van der Waals surface area contributed by atoms with Crippen LogP contribution in [-0.4, -0.2) is 25.4 Å².